The lowest BCUT2D eigenvalue weighted by atomic mass is 9.86. The molecule has 1 saturated heterocycles. The molecule has 2 aliphatic rings. The molecular formula is C26H29N5O4. The number of likely N-dealkylation sites (N-methyl/N-ethyl adjacent to an activating group) is 1. The van der Waals surface area contributed by atoms with Crippen molar-refractivity contribution in [2.75, 3.05) is 31.6 Å². The van der Waals surface area contributed by atoms with E-state index in [9.17, 15) is 20.0 Å². The normalized spacial score (nSPS) is 18.1. The first-order valence-corrected chi connectivity index (χ1v) is 11.9. The number of nitro groups is 1. The number of nitrogens with zero attached hydrogens (tertiary/aromatic N) is 5. The van der Waals surface area contributed by atoms with Gasteiger partial charge in [0.1, 0.15) is 0 Å². The Morgan fingerprint density at radius 1 is 1.20 bits per heavy atom. The fraction of sp³-hybridized carbons (Fsp3) is 0.385. The summed E-state index contributed by atoms with van der Waals surface area (Å²) in [4.78, 5) is 31.2. The number of aromatic nitrogens is 2. The number of benzene rings is 2. The summed E-state index contributed by atoms with van der Waals surface area (Å²) in [5.41, 5.74) is 4.28. The highest BCUT2D eigenvalue weighted by atomic mass is 16.6. The number of nitro benzene ring substituents is 1. The van der Waals surface area contributed by atoms with Gasteiger partial charge in [0, 0.05) is 43.5 Å². The van der Waals surface area contributed by atoms with Crippen molar-refractivity contribution in [1.82, 2.24) is 14.5 Å². The molecule has 2 unspecified atom stereocenters. The predicted molar refractivity (Wildman–Crippen MR) is 132 cm³/mol. The molecular weight excluding hydrogens is 446 g/mol. The van der Waals surface area contributed by atoms with E-state index in [0.29, 0.717) is 19.5 Å². The van der Waals surface area contributed by atoms with Gasteiger partial charge in [0.15, 0.2) is 0 Å². The summed E-state index contributed by atoms with van der Waals surface area (Å²) < 4.78 is 2.15. The van der Waals surface area contributed by atoms with E-state index in [4.69, 9.17) is 0 Å². The fourth-order valence-corrected chi connectivity index (χ4v) is 5.35. The van der Waals surface area contributed by atoms with Crippen LogP contribution in [0.2, 0.25) is 0 Å². The van der Waals surface area contributed by atoms with Crippen LogP contribution < -0.4 is 4.90 Å². The Kier molecular flexibility index (Phi) is 6.25. The van der Waals surface area contributed by atoms with Crippen LogP contribution in [-0.4, -0.2) is 63.2 Å². The maximum absolute atomic E-state index is 12.9. The molecule has 3 heterocycles. The summed E-state index contributed by atoms with van der Waals surface area (Å²) in [5.74, 6) is 0.165. The summed E-state index contributed by atoms with van der Waals surface area (Å²) in [6.07, 6.45) is 5.42. The maximum Gasteiger partial charge on any atom is 0.269 e. The standard InChI is InChI=1S/C26H29N5O4/c1-28(19-6-8-20(9-7-19)31(34)35)16-26(33)29-12-10-18(11-13-29)25(32)14-23-21-4-2-3-5-22(21)24-15-27-17-30(23)24/h2-9,15,17-18,23,25,32H,10-14,16H2,1H3. The molecule has 1 fully saturated rings. The molecule has 0 saturated carbocycles. The molecule has 3 aromatic rings. The first kappa shape index (κ1) is 23.0. The van der Waals surface area contributed by atoms with Gasteiger partial charge < -0.3 is 19.5 Å². The number of likely N-dealkylation sites (tertiary alicyclic amines) is 1. The highest BCUT2D eigenvalue weighted by Gasteiger charge is 2.34. The van der Waals surface area contributed by atoms with Crippen molar-refractivity contribution in [1.29, 1.82) is 0 Å². The number of fused-ring (bicyclic) bond motifs is 3. The van der Waals surface area contributed by atoms with Crippen molar-refractivity contribution < 1.29 is 14.8 Å². The van der Waals surface area contributed by atoms with Crippen LogP contribution in [-0.2, 0) is 4.79 Å². The molecule has 2 aromatic carbocycles. The van der Waals surface area contributed by atoms with Crippen LogP contribution >= 0.6 is 0 Å². The SMILES string of the molecule is CN(CC(=O)N1CCC(C(O)CC2c3ccccc3-c3cncn32)CC1)c1ccc([N+](=O)[O-])cc1. The molecule has 1 aromatic heterocycles. The summed E-state index contributed by atoms with van der Waals surface area (Å²) in [6.45, 7) is 1.44. The second-order valence-electron chi connectivity index (χ2n) is 9.44. The average Bonchev–Trinajstić information content (AvgIpc) is 3.46. The van der Waals surface area contributed by atoms with Gasteiger partial charge in [-0.25, -0.2) is 4.98 Å². The van der Waals surface area contributed by atoms with E-state index in [1.807, 2.05) is 29.6 Å². The zero-order valence-electron chi connectivity index (χ0n) is 19.7. The Hall–Kier alpha value is -3.72. The van der Waals surface area contributed by atoms with Crippen molar-refractivity contribution in [2.24, 2.45) is 5.92 Å². The van der Waals surface area contributed by atoms with Crippen LogP contribution in [0.4, 0.5) is 11.4 Å². The van der Waals surface area contributed by atoms with Crippen LogP contribution in [0.5, 0.6) is 0 Å². The van der Waals surface area contributed by atoms with E-state index in [-0.39, 0.29) is 30.1 Å². The molecule has 0 bridgehead atoms. The van der Waals surface area contributed by atoms with Gasteiger partial charge in [0.05, 0.1) is 41.8 Å². The van der Waals surface area contributed by atoms with Crippen molar-refractivity contribution in [3.63, 3.8) is 0 Å². The predicted octanol–water partition coefficient (Wildman–Crippen LogP) is 3.49. The van der Waals surface area contributed by atoms with Gasteiger partial charge in [0.25, 0.3) is 5.69 Å². The third-order valence-electron chi connectivity index (χ3n) is 7.37. The van der Waals surface area contributed by atoms with E-state index in [2.05, 4.69) is 21.7 Å². The highest BCUT2D eigenvalue weighted by molar-refractivity contribution is 5.81. The molecule has 0 radical (unpaired) electrons. The molecule has 1 amide bonds. The van der Waals surface area contributed by atoms with Crippen molar-refractivity contribution in [3.05, 3.63) is 76.7 Å². The number of carbonyl (C=O) groups is 1. The molecule has 1 N–H and O–H groups in total. The molecule has 9 heteroatoms. The number of hydrogen-bond acceptors (Lipinski definition) is 6. The van der Waals surface area contributed by atoms with Gasteiger partial charge in [-0.15, -0.1) is 0 Å². The molecule has 9 nitrogen and oxygen atoms in total. The van der Waals surface area contributed by atoms with Gasteiger partial charge in [-0.1, -0.05) is 24.3 Å². The number of aliphatic hydroxyl groups is 1. The number of rotatable bonds is 7. The van der Waals surface area contributed by atoms with Crippen LogP contribution in [0.25, 0.3) is 11.3 Å². The number of piperidine rings is 1. The van der Waals surface area contributed by atoms with Crippen molar-refractivity contribution >= 4 is 17.3 Å². The molecule has 0 spiro atoms. The van der Waals surface area contributed by atoms with Gasteiger partial charge in [-0.3, -0.25) is 14.9 Å². The Balaban J connectivity index is 1.15. The van der Waals surface area contributed by atoms with E-state index >= 15 is 0 Å². The number of amides is 1. The lowest BCUT2D eigenvalue weighted by Gasteiger charge is -2.36. The topological polar surface area (TPSA) is 105 Å². The maximum atomic E-state index is 12.9. The lowest BCUT2D eigenvalue weighted by molar-refractivity contribution is -0.384. The van der Waals surface area contributed by atoms with Gasteiger partial charge >= 0.3 is 0 Å². The average molecular weight is 476 g/mol. The zero-order valence-corrected chi connectivity index (χ0v) is 19.7. The number of carbonyl (C=O) groups excluding carboxylic acids is 1. The monoisotopic (exact) mass is 475 g/mol. The smallest absolute Gasteiger partial charge is 0.269 e. The zero-order chi connectivity index (χ0) is 24.5. The fourth-order valence-electron chi connectivity index (χ4n) is 5.35. The van der Waals surface area contributed by atoms with Gasteiger partial charge in [-0.05, 0) is 42.9 Å². The minimum absolute atomic E-state index is 0.0200. The van der Waals surface area contributed by atoms with E-state index in [0.717, 1.165) is 24.2 Å². The number of anilines is 1. The van der Waals surface area contributed by atoms with Crippen molar-refractivity contribution in [2.45, 2.75) is 31.4 Å². The summed E-state index contributed by atoms with van der Waals surface area (Å²) >= 11 is 0. The Morgan fingerprint density at radius 2 is 1.91 bits per heavy atom. The van der Waals surface area contributed by atoms with Crippen LogP contribution in [0.15, 0.2) is 61.1 Å². The van der Waals surface area contributed by atoms with E-state index in [1.54, 1.807) is 24.1 Å². The molecule has 35 heavy (non-hydrogen) atoms. The van der Waals surface area contributed by atoms with Crippen LogP contribution in [0.1, 0.15) is 30.9 Å². The van der Waals surface area contributed by atoms with Gasteiger partial charge in [0.2, 0.25) is 5.91 Å². The summed E-state index contributed by atoms with van der Waals surface area (Å²) in [7, 11) is 1.80. The van der Waals surface area contributed by atoms with Gasteiger partial charge in [-0.2, -0.15) is 0 Å². The molecule has 5 rings (SSSR count). The Bertz CT molecular complexity index is 1220. The number of non-ortho nitro benzene ring substituents is 1. The van der Waals surface area contributed by atoms with Crippen LogP contribution in [0, 0.1) is 16.0 Å². The Labute approximate surface area is 203 Å². The lowest BCUT2D eigenvalue weighted by Crippen LogP contribution is -2.45. The van der Waals surface area contributed by atoms with E-state index < -0.39 is 11.0 Å². The number of hydrogen-bond donors (Lipinski definition) is 1. The molecule has 2 aliphatic heterocycles. The van der Waals surface area contributed by atoms with E-state index in [1.165, 1.54) is 23.3 Å². The Morgan fingerprint density at radius 3 is 2.63 bits per heavy atom. The molecule has 2 atom stereocenters. The van der Waals surface area contributed by atoms with Crippen molar-refractivity contribution in [3.8, 4) is 11.3 Å². The molecule has 0 aliphatic carbocycles. The largest absolute Gasteiger partial charge is 0.393 e. The number of aliphatic hydroxyl groups excluding tert-OH is 1. The summed E-state index contributed by atoms with van der Waals surface area (Å²) in [5, 5.41) is 22.0. The van der Waals surface area contributed by atoms with Crippen LogP contribution in [0.3, 0.4) is 0 Å². The minimum Gasteiger partial charge on any atom is -0.393 e. The highest BCUT2D eigenvalue weighted by Crippen LogP contribution is 2.42. The minimum atomic E-state index is -0.457. The first-order valence-electron chi connectivity index (χ1n) is 11.9. The second kappa shape index (κ2) is 9.50. The second-order valence-corrected chi connectivity index (χ2v) is 9.44. The molecule has 182 valence electrons. The summed E-state index contributed by atoms with van der Waals surface area (Å²) in [6, 6.07) is 14.6. The third-order valence-corrected chi connectivity index (χ3v) is 7.37. The number of imidazole rings is 1. The quantitative estimate of drug-likeness (QED) is 0.414. The first-order chi connectivity index (χ1) is 16.9. The third kappa shape index (κ3) is 4.51.